The topological polar surface area (TPSA) is 51.0 Å². The third-order valence-corrected chi connectivity index (χ3v) is 4.65. The van der Waals surface area contributed by atoms with E-state index in [9.17, 15) is 18.0 Å². The lowest BCUT2D eigenvalue weighted by molar-refractivity contribution is -0.138. The lowest BCUT2D eigenvalue weighted by Gasteiger charge is -2.32. The van der Waals surface area contributed by atoms with Crippen molar-refractivity contribution >= 4 is 5.91 Å². The number of rotatable bonds is 3. The third kappa shape index (κ3) is 3.83. The molecule has 25 heavy (non-hydrogen) atoms. The van der Waals surface area contributed by atoms with Gasteiger partial charge in [-0.15, -0.1) is 0 Å². The van der Waals surface area contributed by atoms with Gasteiger partial charge in [0.15, 0.2) is 0 Å². The SMILES string of the molecule is Cn1ccnc1CC1CCN(C(=O)c2ccncc2C(F)(F)F)CC1. The molecule has 1 amide bonds. The van der Waals surface area contributed by atoms with Crippen molar-refractivity contribution in [2.45, 2.75) is 25.4 Å². The van der Waals surface area contributed by atoms with Gasteiger partial charge in [-0.1, -0.05) is 0 Å². The number of carbonyl (C=O) groups excluding carboxylic acids is 1. The Labute approximate surface area is 143 Å². The number of alkyl halides is 3. The third-order valence-electron chi connectivity index (χ3n) is 4.65. The van der Waals surface area contributed by atoms with Crippen LogP contribution < -0.4 is 0 Å². The second-order valence-electron chi connectivity index (χ2n) is 6.31. The molecule has 0 unspecified atom stereocenters. The summed E-state index contributed by atoms with van der Waals surface area (Å²) in [4.78, 5) is 21.8. The van der Waals surface area contributed by atoms with Crippen LogP contribution in [0.15, 0.2) is 30.9 Å². The number of carbonyl (C=O) groups is 1. The maximum Gasteiger partial charge on any atom is 0.418 e. The number of hydrogen-bond acceptors (Lipinski definition) is 3. The highest BCUT2D eigenvalue weighted by Crippen LogP contribution is 2.32. The molecule has 0 atom stereocenters. The Morgan fingerprint density at radius 3 is 2.60 bits per heavy atom. The highest BCUT2D eigenvalue weighted by atomic mass is 19.4. The van der Waals surface area contributed by atoms with Gasteiger partial charge in [0.2, 0.25) is 0 Å². The number of aromatic nitrogens is 3. The fraction of sp³-hybridized carbons (Fsp3) is 0.471. The maximum absolute atomic E-state index is 13.1. The van der Waals surface area contributed by atoms with Crippen molar-refractivity contribution in [3.05, 3.63) is 47.8 Å². The van der Waals surface area contributed by atoms with Crippen LogP contribution >= 0.6 is 0 Å². The molecule has 0 aliphatic carbocycles. The molecule has 3 rings (SSSR count). The van der Waals surface area contributed by atoms with E-state index in [-0.39, 0.29) is 5.56 Å². The number of aryl methyl sites for hydroxylation is 1. The van der Waals surface area contributed by atoms with E-state index >= 15 is 0 Å². The molecule has 0 aromatic carbocycles. The minimum absolute atomic E-state index is 0.329. The zero-order valence-electron chi connectivity index (χ0n) is 13.8. The van der Waals surface area contributed by atoms with E-state index < -0.39 is 17.6 Å². The first kappa shape index (κ1) is 17.4. The first-order valence-corrected chi connectivity index (χ1v) is 8.13. The molecule has 0 N–H and O–H groups in total. The first-order valence-electron chi connectivity index (χ1n) is 8.13. The molecule has 0 spiro atoms. The Hall–Kier alpha value is -2.38. The van der Waals surface area contributed by atoms with Crippen LogP contribution in [-0.2, 0) is 19.6 Å². The van der Waals surface area contributed by atoms with Crippen molar-refractivity contribution in [2.75, 3.05) is 13.1 Å². The summed E-state index contributed by atoms with van der Waals surface area (Å²) in [7, 11) is 1.93. The van der Waals surface area contributed by atoms with Crippen LogP contribution in [0.4, 0.5) is 13.2 Å². The second kappa shape index (κ2) is 6.85. The van der Waals surface area contributed by atoms with Gasteiger partial charge in [0.1, 0.15) is 5.82 Å². The Morgan fingerprint density at radius 2 is 2.00 bits per heavy atom. The molecule has 2 aromatic heterocycles. The van der Waals surface area contributed by atoms with Crippen molar-refractivity contribution < 1.29 is 18.0 Å². The van der Waals surface area contributed by atoms with E-state index in [1.54, 1.807) is 6.20 Å². The van der Waals surface area contributed by atoms with Gasteiger partial charge in [0.25, 0.3) is 5.91 Å². The molecule has 1 aliphatic heterocycles. The normalized spacial score (nSPS) is 16.2. The lowest BCUT2D eigenvalue weighted by Crippen LogP contribution is -2.39. The summed E-state index contributed by atoms with van der Waals surface area (Å²) < 4.78 is 41.2. The number of amides is 1. The van der Waals surface area contributed by atoms with Crippen molar-refractivity contribution in [2.24, 2.45) is 13.0 Å². The van der Waals surface area contributed by atoms with Gasteiger partial charge in [-0.2, -0.15) is 13.2 Å². The molecule has 8 heteroatoms. The van der Waals surface area contributed by atoms with E-state index in [0.717, 1.165) is 31.2 Å². The molecule has 3 heterocycles. The smallest absolute Gasteiger partial charge is 0.339 e. The quantitative estimate of drug-likeness (QED) is 0.853. The van der Waals surface area contributed by atoms with Crippen molar-refractivity contribution in [3.8, 4) is 0 Å². The van der Waals surface area contributed by atoms with Gasteiger partial charge in [-0.25, -0.2) is 4.98 Å². The van der Waals surface area contributed by atoms with E-state index in [2.05, 4.69) is 9.97 Å². The molecule has 0 saturated carbocycles. The van der Waals surface area contributed by atoms with Crippen molar-refractivity contribution in [3.63, 3.8) is 0 Å². The van der Waals surface area contributed by atoms with Crippen LogP contribution in [0.5, 0.6) is 0 Å². The van der Waals surface area contributed by atoms with E-state index in [0.29, 0.717) is 25.2 Å². The van der Waals surface area contributed by atoms with E-state index in [4.69, 9.17) is 0 Å². The molecule has 1 aliphatic rings. The number of imidazole rings is 1. The number of halogens is 3. The molecule has 1 fully saturated rings. The Balaban J connectivity index is 1.65. The van der Waals surface area contributed by atoms with Crippen molar-refractivity contribution in [1.82, 2.24) is 19.4 Å². The van der Waals surface area contributed by atoms with Crippen LogP contribution in [-0.4, -0.2) is 38.4 Å². The summed E-state index contributed by atoms with van der Waals surface area (Å²) in [5.74, 6) is 0.785. The zero-order chi connectivity index (χ0) is 18.0. The molecule has 1 saturated heterocycles. The highest BCUT2D eigenvalue weighted by molar-refractivity contribution is 5.95. The van der Waals surface area contributed by atoms with Crippen molar-refractivity contribution in [1.29, 1.82) is 0 Å². The zero-order valence-corrected chi connectivity index (χ0v) is 13.8. The summed E-state index contributed by atoms with van der Waals surface area (Å²) in [6, 6.07) is 1.14. The van der Waals surface area contributed by atoms with Crippen LogP contribution in [0, 0.1) is 5.92 Å². The second-order valence-corrected chi connectivity index (χ2v) is 6.31. The largest absolute Gasteiger partial charge is 0.418 e. The number of pyridine rings is 1. The number of likely N-dealkylation sites (tertiary alicyclic amines) is 1. The number of nitrogens with zero attached hydrogens (tertiary/aromatic N) is 4. The predicted molar refractivity (Wildman–Crippen MR) is 84.8 cm³/mol. The van der Waals surface area contributed by atoms with Gasteiger partial charge in [0.05, 0.1) is 11.1 Å². The molecule has 2 aromatic rings. The molecular formula is C17H19F3N4O. The average Bonchev–Trinajstić information content (AvgIpc) is 2.99. The number of piperidine rings is 1. The molecule has 5 nitrogen and oxygen atoms in total. The monoisotopic (exact) mass is 352 g/mol. The van der Waals surface area contributed by atoms with Crippen LogP contribution in [0.1, 0.15) is 34.6 Å². The average molecular weight is 352 g/mol. The summed E-state index contributed by atoms with van der Waals surface area (Å²) in [6.45, 7) is 0.904. The van der Waals surface area contributed by atoms with Gasteiger partial charge < -0.3 is 9.47 Å². The van der Waals surface area contributed by atoms with Crippen LogP contribution in [0.25, 0.3) is 0 Å². The summed E-state index contributed by atoms with van der Waals surface area (Å²) in [5, 5.41) is 0. The minimum Gasteiger partial charge on any atom is -0.339 e. The van der Waals surface area contributed by atoms with Gasteiger partial charge in [0, 0.05) is 51.3 Å². The maximum atomic E-state index is 13.1. The Morgan fingerprint density at radius 1 is 1.28 bits per heavy atom. The number of hydrogen-bond donors (Lipinski definition) is 0. The summed E-state index contributed by atoms with van der Waals surface area (Å²) >= 11 is 0. The Bertz CT molecular complexity index is 748. The summed E-state index contributed by atoms with van der Waals surface area (Å²) in [6.07, 6.45) is 3.30. The van der Waals surface area contributed by atoms with E-state index in [1.165, 1.54) is 11.1 Å². The standard InChI is InChI=1S/C17H19F3N4O/c1-23-9-6-22-15(23)10-12-3-7-24(8-4-12)16(25)13-2-5-21-11-14(13)17(18,19)20/h2,5-6,9,11-12H,3-4,7-8,10H2,1H3. The van der Waals surface area contributed by atoms with Gasteiger partial charge >= 0.3 is 6.18 Å². The van der Waals surface area contributed by atoms with Crippen LogP contribution in [0.2, 0.25) is 0 Å². The van der Waals surface area contributed by atoms with E-state index in [1.807, 2.05) is 17.8 Å². The predicted octanol–water partition coefficient (Wildman–Crippen LogP) is 2.93. The fourth-order valence-corrected chi connectivity index (χ4v) is 3.17. The van der Waals surface area contributed by atoms with Crippen LogP contribution in [0.3, 0.4) is 0 Å². The summed E-state index contributed by atoms with van der Waals surface area (Å²) in [5.41, 5.74) is -1.31. The fourth-order valence-electron chi connectivity index (χ4n) is 3.17. The highest BCUT2D eigenvalue weighted by Gasteiger charge is 2.37. The Kier molecular flexibility index (Phi) is 4.78. The molecule has 0 bridgehead atoms. The molecular weight excluding hydrogens is 333 g/mol. The molecule has 134 valence electrons. The molecule has 0 radical (unpaired) electrons. The lowest BCUT2D eigenvalue weighted by atomic mass is 9.92. The van der Waals surface area contributed by atoms with Gasteiger partial charge in [-0.05, 0) is 24.8 Å². The minimum atomic E-state index is -4.59. The first-order chi connectivity index (χ1) is 11.9. The van der Waals surface area contributed by atoms with Gasteiger partial charge in [-0.3, -0.25) is 9.78 Å².